The number of hydrogen-bond donors (Lipinski definition) is 1. The maximum Gasteiger partial charge on any atom is 0.125 e. The standard InChI is InChI=1S/C15H22O2/c1-11-9-14(13-5-3-4-6-13)10-12(2)15(11)17-8-7-16/h9-10,13,16H,3-8H2,1-2H3. The Morgan fingerprint density at radius 1 is 1.18 bits per heavy atom. The van der Waals surface area contributed by atoms with Gasteiger partial charge in [-0.25, -0.2) is 0 Å². The van der Waals surface area contributed by atoms with E-state index in [1.165, 1.54) is 42.4 Å². The van der Waals surface area contributed by atoms with E-state index >= 15 is 0 Å². The van der Waals surface area contributed by atoms with Gasteiger partial charge in [0.2, 0.25) is 0 Å². The summed E-state index contributed by atoms with van der Waals surface area (Å²) in [6.45, 7) is 4.64. The van der Waals surface area contributed by atoms with Crippen LogP contribution in [0, 0.1) is 13.8 Å². The van der Waals surface area contributed by atoms with Crippen LogP contribution in [0.4, 0.5) is 0 Å². The largest absolute Gasteiger partial charge is 0.491 e. The van der Waals surface area contributed by atoms with Crippen molar-refractivity contribution >= 4 is 0 Å². The second kappa shape index (κ2) is 5.54. The molecule has 2 heteroatoms. The summed E-state index contributed by atoms with van der Waals surface area (Å²) in [7, 11) is 0. The highest BCUT2D eigenvalue weighted by molar-refractivity contribution is 5.44. The summed E-state index contributed by atoms with van der Waals surface area (Å²) in [5.74, 6) is 1.69. The molecule has 2 rings (SSSR count). The van der Waals surface area contributed by atoms with E-state index in [0.717, 1.165) is 11.7 Å². The van der Waals surface area contributed by atoms with Crippen LogP contribution in [-0.4, -0.2) is 18.3 Å². The molecule has 17 heavy (non-hydrogen) atoms. The van der Waals surface area contributed by atoms with E-state index in [1.54, 1.807) is 0 Å². The molecule has 0 unspecified atom stereocenters. The molecule has 0 radical (unpaired) electrons. The number of benzene rings is 1. The minimum absolute atomic E-state index is 0.0727. The zero-order valence-electron chi connectivity index (χ0n) is 10.8. The smallest absolute Gasteiger partial charge is 0.125 e. The Kier molecular flexibility index (Phi) is 4.06. The number of aryl methyl sites for hydroxylation is 2. The van der Waals surface area contributed by atoms with E-state index in [-0.39, 0.29) is 6.61 Å². The Labute approximate surface area is 104 Å². The fourth-order valence-corrected chi connectivity index (χ4v) is 2.85. The Bertz CT molecular complexity index is 356. The topological polar surface area (TPSA) is 29.5 Å². The summed E-state index contributed by atoms with van der Waals surface area (Å²) in [5.41, 5.74) is 3.86. The molecule has 0 amide bonds. The van der Waals surface area contributed by atoms with E-state index in [4.69, 9.17) is 9.84 Å². The van der Waals surface area contributed by atoms with E-state index in [0.29, 0.717) is 6.61 Å². The summed E-state index contributed by atoms with van der Waals surface area (Å²) in [6, 6.07) is 4.52. The van der Waals surface area contributed by atoms with E-state index in [1.807, 2.05) is 0 Å². The maximum absolute atomic E-state index is 8.81. The van der Waals surface area contributed by atoms with Crippen molar-refractivity contribution in [3.8, 4) is 5.75 Å². The van der Waals surface area contributed by atoms with Crippen LogP contribution in [0.5, 0.6) is 5.75 Å². The highest BCUT2D eigenvalue weighted by Crippen LogP contribution is 2.37. The zero-order valence-corrected chi connectivity index (χ0v) is 10.8. The second-order valence-corrected chi connectivity index (χ2v) is 5.04. The number of hydrogen-bond acceptors (Lipinski definition) is 2. The summed E-state index contributed by atoms with van der Waals surface area (Å²) in [6.07, 6.45) is 5.39. The van der Waals surface area contributed by atoms with Crippen LogP contribution < -0.4 is 4.74 Å². The van der Waals surface area contributed by atoms with Gasteiger partial charge in [-0.1, -0.05) is 25.0 Å². The summed E-state index contributed by atoms with van der Waals surface area (Å²) < 4.78 is 5.58. The summed E-state index contributed by atoms with van der Waals surface area (Å²) in [5, 5.41) is 8.81. The number of rotatable bonds is 4. The minimum atomic E-state index is 0.0727. The van der Waals surface area contributed by atoms with Crippen LogP contribution in [0.25, 0.3) is 0 Å². The predicted molar refractivity (Wildman–Crippen MR) is 69.7 cm³/mol. The molecular weight excluding hydrogens is 212 g/mol. The van der Waals surface area contributed by atoms with Gasteiger partial charge in [-0.3, -0.25) is 0 Å². The molecule has 0 aliphatic heterocycles. The summed E-state index contributed by atoms with van der Waals surface area (Å²) >= 11 is 0. The number of aliphatic hydroxyl groups excluding tert-OH is 1. The molecule has 0 heterocycles. The molecule has 0 atom stereocenters. The monoisotopic (exact) mass is 234 g/mol. The lowest BCUT2D eigenvalue weighted by Crippen LogP contribution is -2.05. The molecule has 1 saturated carbocycles. The van der Waals surface area contributed by atoms with Gasteiger partial charge in [0.25, 0.3) is 0 Å². The van der Waals surface area contributed by atoms with Crippen molar-refractivity contribution in [1.82, 2.24) is 0 Å². The van der Waals surface area contributed by atoms with E-state index in [9.17, 15) is 0 Å². The highest BCUT2D eigenvalue weighted by Gasteiger charge is 2.18. The third kappa shape index (κ3) is 2.81. The molecule has 94 valence electrons. The zero-order chi connectivity index (χ0) is 12.3. The summed E-state index contributed by atoms with van der Waals surface area (Å²) in [4.78, 5) is 0. The van der Waals surface area contributed by atoms with Crippen LogP contribution in [0.1, 0.15) is 48.3 Å². The van der Waals surface area contributed by atoms with E-state index < -0.39 is 0 Å². The number of aliphatic hydroxyl groups is 1. The number of ether oxygens (including phenoxy) is 1. The average molecular weight is 234 g/mol. The first-order valence-corrected chi connectivity index (χ1v) is 6.57. The van der Waals surface area contributed by atoms with Crippen LogP contribution in [-0.2, 0) is 0 Å². The van der Waals surface area contributed by atoms with Crippen LogP contribution >= 0.6 is 0 Å². The molecular formula is C15H22O2. The Morgan fingerprint density at radius 2 is 1.76 bits per heavy atom. The van der Waals surface area contributed by atoms with Gasteiger partial charge in [0.15, 0.2) is 0 Å². The van der Waals surface area contributed by atoms with Gasteiger partial charge in [-0.15, -0.1) is 0 Å². The molecule has 1 N–H and O–H groups in total. The Balaban J connectivity index is 2.21. The van der Waals surface area contributed by atoms with Crippen molar-refractivity contribution in [3.05, 3.63) is 28.8 Å². The molecule has 2 nitrogen and oxygen atoms in total. The van der Waals surface area contributed by atoms with Crippen molar-refractivity contribution in [2.24, 2.45) is 0 Å². The predicted octanol–water partition coefficient (Wildman–Crippen LogP) is 3.33. The van der Waals surface area contributed by atoms with Gasteiger partial charge in [0.1, 0.15) is 12.4 Å². The lowest BCUT2D eigenvalue weighted by Gasteiger charge is -2.16. The first-order chi connectivity index (χ1) is 8.22. The van der Waals surface area contributed by atoms with Gasteiger partial charge in [0, 0.05) is 0 Å². The average Bonchev–Trinajstić information content (AvgIpc) is 2.81. The van der Waals surface area contributed by atoms with Gasteiger partial charge < -0.3 is 9.84 Å². The van der Waals surface area contributed by atoms with Crippen LogP contribution in [0.3, 0.4) is 0 Å². The minimum Gasteiger partial charge on any atom is -0.491 e. The van der Waals surface area contributed by atoms with Crippen molar-refractivity contribution in [2.45, 2.75) is 45.4 Å². The van der Waals surface area contributed by atoms with Crippen molar-refractivity contribution in [1.29, 1.82) is 0 Å². The Hall–Kier alpha value is -1.02. The lowest BCUT2D eigenvalue weighted by atomic mass is 9.94. The fourth-order valence-electron chi connectivity index (χ4n) is 2.85. The van der Waals surface area contributed by atoms with Crippen LogP contribution in [0.15, 0.2) is 12.1 Å². The molecule has 1 aliphatic rings. The van der Waals surface area contributed by atoms with Crippen molar-refractivity contribution in [3.63, 3.8) is 0 Å². The molecule has 0 bridgehead atoms. The van der Waals surface area contributed by atoms with Gasteiger partial charge in [0.05, 0.1) is 6.61 Å². The molecule has 1 fully saturated rings. The normalized spacial score (nSPS) is 16.4. The third-order valence-electron chi connectivity index (χ3n) is 3.65. The Morgan fingerprint density at radius 3 is 2.29 bits per heavy atom. The molecule has 1 aromatic rings. The van der Waals surface area contributed by atoms with Crippen molar-refractivity contribution < 1.29 is 9.84 Å². The molecule has 1 aromatic carbocycles. The molecule has 1 aliphatic carbocycles. The first kappa shape index (κ1) is 12.4. The molecule has 0 spiro atoms. The SMILES string of the molecule is Cc1cc(C2CCCC2)cc(C)c1OCCO. The second-order valence-electron chi connectivity index (χ2n) is 5.04. The quantitative estimate of drug-likeness (QED) is 0.866. The van der Waals surface area contributed by atoms with E-state index in [2.05, 4.69) is 26.0 Å². The fraction of sp³-hybridized carbons (Fsp3) is 0.600. The van der Waals surface area contributed by atoms with Gasteiger partial charge in [-0.2, -0.15) is 0 Å². The molecule has 0 aromatic heterocycles. The lowest BCUT2D eigenvalue weighted by molar-refractivity contribution is 0.200. The maximum atomic E-state index is 8.81. The van der Waals surface area contributed by atoms with Gasteiger partial charge >= 0.3 is 0 Å². The molecule has 0 saturated heterocycles. The van der Waals surface area contributed by atoms with Crippen LogP contribution in [0.2, 0.25) is 0 Å². The third-order valence-corrected chi connectivity index (χ3v) is 3.65. The first-order valence-electron chi connectivity index (χ1n) is 6.57. The van der Waals surface area contributed by atoms with Crippen molar-refractivity contribution in [2.75, 3.05) is 13.2 Å². The van der Waals surface area contributed by atoms with Gasteiger partial charge in [-0.05, 0) is 49.3 Å². The highest BCUT2D eigenvalue weighted by atomic mass is 16.5.